The number of alkyl halides is 6. The lowest BCUT2D eigenvalue weighted by atomic mass is 10.1. The second-order valence-corrected chi connectivity index (χ2v) is 6.95. The largest absolute Gasteiger partial charge is 0.439 e. The number of aromatic nitrogens is 5. The highest BCUT2D eigenvalue weighted by molar-refractivity contribution is 5.81. The maximum atomic E-state index is 13.0. The number of halogens is 6. The standard InChI is InChI=1S/C21H14F6N6O/c22-20(23,24)13-9-15(21(25,26)27)33-16(10-13)34-14-3-1-12(2-4-14)5-6-29-18-17-19(32-11-31-18)30-8-7-28-17/h1-4,7-11H,5-6H2,(H,29,30,31,32). The summed E-state index contributed by atoms with van der Waals surface area (Å²) in [6.07, 6.45) is -5.12. The van der Waals surface area contributed by atoms with Gasteiger partial charge in [0.1, 0.15) is 23.3 Å². The molecule has 3 aromatic heterocycles. The lowest BCUT2D eigenvalue weighted by Gasteiger charge is -2.14. The number of benzene rings is 1. The number of hydrogen-bond acceptors (Lipinski definition) is 7. The van der Waals surface area contributed by atoms with E-state index in [0.717, 1.165) is 5.56 Å². The maximum absolute atomic E-state index is 13.0. The maximum Gasteiger partial charge on any atom is 0.433 e. The van der Waals surface area contributed by atoms with Crippen LogP contribution in [0.25, 0.3) is 11.2 Å². The van der Waals surface area contributed by atoms with Gasteiger partial charge in [0.15, 0.2) is 11.5 Å². The van der Waals surface area contributed by atoms with Crippen LogP contribution < -0.4 is 10.1 Å². The molecule has 0 atom stereocenters. The van der Waals surface area contributed by atoms with Gasteiger partial charge in [-0.2, -0.15) is 26.3 Å². The highest BCUT2D eigenvalue weighted by Gasteiger charge is 2.38. The number of hydrogen-bond donors (Lipinski definition) is 1. The molecule has 0 fully saturated rings. The van der Waals surface area contributed by atoms with Crippen molar-refractivity contribution >= 4 is 17.0 Å². The zero-order valence-electron chi connectivity index (χ0n) is 17.0. The minimum Gasteiger partial charge on any atom is -0.439 e. The lowest BCUT2D eigenvalue weighted by molar-refractivity contribution is -0.145. The summed E-state index contributed by atoms with van der Waals surface area (Å²) in [6.45, 7) is 0.465. The summed E-state index contributed by atoms with van der Waals surface area (Å²) in [5.74, 6) is -0.267. The van der Waals surface area contributed by atoms with Crippen molar-refractivity contribution in [2.24, 2.45) is 0 Å². The Morgan fingerprint density at radius 1 is 0.824 bits per heavy atom. The van der Waals surface area contributed by atoms with Crippen molar-refractivity contribution in [3.63, 3.8) is 0 Å². The van der Waals surface area contributed by atoms with E-state index in [0.29, 0.717) is 36.0 Å². The molecular weight excluding hydrogens is 466 g/mol. The average Bonchev–Trinajstić information content (AvgIpc) is 2.79. The van der Waals surface area contributed by atoms with Crippen LogP contribution in [0.5, 0.6) is 11.6 Å². The van der Waals surface area contributed by atoms with Gasteiger partial charge in [0.25, 0.3) is 0 Å². The third-order valence-corrected chi connectivity index (χ3v) is 4.54. The Balaban J connectivity index is 1.43. The molecule has 34 heavy (non-hydrogen) atoms. The molecule has 176 valence electrons. The molecule has 4 aromatic rings. The fraction of sp³-hybridized carbons (Fsp3) is 0.190. The lowest BCUT2D eigenvalue weighted by Crippen LogP contribution is -2.13. The minimum atomic E-state index is -5.06. The predicted octanol–water partition coefficient (Wildman–Crippen LogP) is 5.30. The van der Waals surface area contributed by atoms with E-state index in [2.05, 4.69) is 30.2 Å². The summed E-state index contributed by atoms with van der Waals surface area (Å²) in [7, 11) is 0. The fourth-order valence-electron chi connectivity index (χ4n) is 2.96. The van der Waals surface area contributed by atoms with Gasteiger partial charge in [-0.15, -0.1) is 0 Å². The summed E-state index contributed by atoms with van der Waals surface area (Å²) in [5.41, 5.74) is -1.41. The number of rotatable bonds is 6. The fourth-order valence-corrected chi connectivity index (χ4v) is 2.96. The molecule has 0 amide bonds. The smallest absolute Gasteiger partial charge is 0.433 e. The molecule has 13 heteroatoms. The van der Waals surface area contributed by atoms with Crippen LogP contribution in [0.4, 0.5) is 32.2 Å². The molecule has 0 aliphatic rings. The number of fused-ring (bicyclic) bond motifs is 1. The van der Waals surface area contributed by atoms with Crippen LogP contribution in [0.3, 0.4) is 0 Å². The molecule has 0 aliphatic carbocycles. The summed E-state index contributed by atoms with van der Waals surface area (Å²) in [5, 5.41) is 3.12. The van der Waals surface area contributed by atoms with Gasteiger partial charge in [0.2, 0.25) is 5.88 Å². The monoisotopic (exact) mass is 480 g/mol. The van der Waals surface area contributed by atoms with E-state index in [1.807, 2.05) is 0 Å². The number of nitrogens with one attached hydrogen (secondary N) is 1. The number of anilines is 1. The molecular formula is C21H14F6N6O. The first-order chi connectivity index (χ1) is 16.1. The molecule has 0 saturated carbocycles. The molecule has 1 N–H and O–H groups in total. The van der Waals surface area contributed by atoms with Crippen molar-refractivity contribution in [3.05, 3.63) is 71.9 Å². The SMILES string of the molecule is FC(F)(F)c1cc(Oc2ccc(CCNc3ncnc4nccnc34)cc2)nc(C(F)(F)F)c1. The Morgan fingerprint density at radius 2 is 1.56 bits per heavy atom. The topological polar surface area (TPSA) is 85.7 Å². The molecule has 0 spiro atoms. The summed E-state index contributed by atoms with van der Waals surface area (Å²) in [6, 6.07) is 6.48. The van der Waals surface area contributed by atoms with Crippen molar-refractivity contribution in [3.8, 4) is 11.6 Å². The molecule has 3 heterocycles. The molecule has 4 rings (SSSR count). The van der Waals surface area contributed by atoms with Crippen molar-refractivity contribution in [1.29, 1.82) is 0 Å². The Labute approximate surface area is 187 Å². The average molecular weight is 480 g/mol. The van der Waals surface area contributed by atoms with Crippen LogP contribution in [0.2, 0.25) is 0 Å². The second-order valence-electron chi connectivity index (χ2n) is 6.95. The summed E-state index contributed by atoms with van der Waals surface area (Å²) < 4.78 is 83.0. The van der Waals surface area contributed by atoms with Gasteiger partial charge in [0.05, 0.1) is 5.56 Å². The molecule has 0 unspecified atom stereocenters. The zero-order valence-corrected chi connectivity index (χ0v) is 17.0. The van der Waals surface area contributed by atoms with Gasteiger partial charge in [-0.1, -0.05) is 12.1 Å². The Hall–Kier alpha value is -4.03. The van der Waals surface area contributed by atoms with Crippen LogP contribution in [-0.4, -0.2) is 31.5 Å². The van der Waals surface area contributed by atoms with Crippen molar-refractivity contribution in [2.75, 3.05) is 11.9 Å². The molecule has 1 aromatic carbocycles. The van der Waals surface area contributed by atoms with E-state index < -0.39 is 29.5 Å². The zero-order chi connectivity index (χ0) is 24.3. The summed E-state index contributed by atoms with van der Waals surface area (Å²) in [4.78, 5) is 19.6. The van der Waals surface area contributed by atoms with E-state index in [1.165, 1.54) is 30.9 Å². The van der Waals surface area contributed by atoms with E-state index in [9.17, 15) is 26.3 Å². The highest BCUT2D eigenvalue weighted by atomic mass is 19.4. The first-order valence-electron chi connectivity index (χ1n) is 9.68. The normalized spacial score (nSPS) is 12.1. The first-order valence-corrected chi connectivity index (χ1v) is 9.68. The quantitative estimate of drug-likeness (QED) is 0.375. The van der Waals surface area contributed by atoms with E-state index in [4.69, 9.17) is 4.74 Å². The van der Waals surface area contributed by atoms with E-state index in [1.54, 1.807) is 12.1 Å². The highest BCUT2D eigenvalue weighted by Crippen LogP contribution is 2.37. The van der Waals surface area contributed by atoms with Gasteiger partial charge in [-0.25, -0.2) is 24.9 Å². The molecule has 0 aliphatic heterocycles. The third kappa shape index (κ3) is 5.47. The van der Waals surface area contributed by atoms with Crippen molar-refractivity contribution in [1.82, 2.24) is 24.9 Å². The van der Waals surface area contributed by atoms with Gasteiger partial charge in [0, 0.05) is 25.0 Å². The van der Waals surface area contributed by atoms with Gasteiger partial charge < -0.3 is 10.1 Å². The molecule has 7 nitrogen and oxygen atoms in total. The van der Waals surface area contributed by atoms with Crippen LogP contribution in [0.1, 0.15) is 16.8 Å². The van der Waals surface area contributed by atoms with Crippen LogP contribution in [-0.2, 0) is 18.8 Å². The Morgan fingerprint density at radius 3 is 2.26 bits per heavy atom. The van der Waals surface area contributed by atoms with Crippen LogP contribution in [0, 0.1) is 0 Å². The van der Waals surface area contributed by atoms with Gasteiger partial charge >= 0.3 is 12.4 Å². The molecule has 0 saturated heterocycles. The Bertz CT molecular complexity index is 1260. The van der Waals surface area contributed by atoms with Gasteiger partial charge in [-0.3, -0.25) is 0 Å². The minimum absolute atomic E-state index is 0.0359. The van der Waals surface area contributed by atoms with E-state index >= 15 is 0 Å². The van der Waals surface area contributed by atoms with Crippen LogP contribution in [0.15, 0.2) is 55.1 Å². The van der Waals surface area contributed by atoms with Crippen molar-refractivity contribution < 1.29 is 31.1 Å². The number of ether oxygens (including phenoxy) is 1. The van der Waals surface area contributed by atoms with Crippen LogP contribution >= 0.6 is 0 Å². The number of pyridine rings is 1. The Kier molecular flexibility index (Phi) is 6.18. The van der Waals surface area contributed by atoms with Crippen molar-refractivity contribution in [2.45, 2.75) is 18.8 Å². The predicted molar refractivity (Wildman–Crippen MR) is 108 cm³/mol. The van der Waals surface area contributed by atoms with E-state index in [-0.39, 0.29) is 11.8 Å². The third-order valence-electron chi connectivity index (χ3n) is 4.54. The second kappa shape index (κ2) is 9.08. The molecule has 0 bridgehead atoms. The summed E-state index contributed by atoms with van der Waals surface area (Å²) >= 11 is 0. The number of nitrogens with zero attached hydrogens (tertiary/aromatic N) is 5. The molecule has 0 radical (unpaired) electrons. The first kappa shape index (κ1) is 23.1. The van der Waals surface area contributed by atoms with Gasteiger partial charge in [-0.05, 0) is 30.2 Å².